The highest BCUT2D eigenvalue weighted by Crippen LogP contribution is 2.28. The maximum Gasteiger partial charge on any atom is 0.217 e. The normalized spacial score (nSPS) is 24.1. The second kappa shape index (κ2) is 4.30. The average molecular weight is 201 g/mol. The predicted molar refractivity (Wildman–Crippen MR) is 60.5 cm³/mol. The highest BCUT2D eigenvalue weighted by atomic mass is 16.1. The molecule has 2 rings (SSSR count). The van der Waals surface area contributed by atoms with E-state index in [-0.39, 0.29) is 11.9 Å². The molecule has 1 aromatic carbocycles. The van der Waals surface area contributed by atoms with Crippen LogP contribution in [0.5, 0.6) is 0 Å². The molecule has 2 nitrogen and oxygen atoms in total. The smallest absolute Gasteiger partial charge is 0.217 e. The Morgan fingerprint density at radius 2 is 2.00 bits per heavy atom. The van der Waals surface area contributed by atoms with Crippen molar-refractivity contribution in [2.45, 2.75) is 25.3 Å². The molecular weight excluding hydrogens is 186 g/mol. The van der Waals surface area contributed by atoms with Crippen molar-refractivity contribution in [2.24, 2.45) is 0 Å². The Morgan fingerprint density at radius 3 is 2.67 bits per heavy atom. The van der Waals surface area contributed by atoms with E-state index in [0.29, 0.717) is 5.92 Å². The molecule has 0 aromatic heterocycles. The first-order valence-electron chi connectivity index (χ1n) is 5.26. The van der Waals surface area contributed by atoms with Gasteiger partial charge in [0.15, 0.2) is 0 Å². The van der Waals surface area contributed by atoms with Gasteiger partial charge in [-0.2, -0.15) is 0 Å². The third-order valence-corrected chi connectivity index (χ3v) is 2.70. The van der Waals surface area contributed by atoms with E-state index in [4.69, 9.17) is 0 Å². The number of carbonyl (C=O) groups excluding carboxylic acids is 1. The number of benzene rings is 1. The third kappa shape index (κ3) is 2.46. The summed E-state index contributed by atoms with van der Waals surface area (Å²) in [5.41, 5.74) is 1.32. The lowest BCUT2D eigenvalue weighted by molar-refractivity contribution is -0.119. The fourth-order valence-corrected chi connectivity index (χ4v) is 2.01. The van der Waals surface area contributed by atoms with Gasteiger partial charge in [-0.25, -0.2) is 0 Å². The zero-order chi connectivity index (χ0) is 10.7. The largest absolute Gasteiger partial charge is 0.350 e. The summed E-state index contributed by atoms with van der Waals surface area (Å²) in [6, 6.07) is 10.6. The van der Waals surface area contributed by atoms with Crippen LogP contribution in [0.2, 0.25) is 0 Å². The highest BCUT2D eigenvalue weighted by molar-refractivity contribution is 5.73. The van der Waals surface area contributed by atoms with Gasteiger partial charge in [-0.3, -0.25) is 4.79 Å². The van der Waals surface area contributed by atoms with Gasteiger partial charge in [-0.15, -0.1) is 0 Å². The van der Waals surface area contributed by atoms with Crippen molar-refractivity contribution in [3.8, 4) is 0 Å². The third-order valence-electron chi connectivity index (χ3n) is 2.70. The van der Waals surface area contributed by atoms with Gasteiger partial charge in [0, 0.05) is 18.9 Å². The lowest BCUT2D eigenvalue weighted by Crippen LogP contribution is -2.30. The molecule has 1 aliphatic rings. The summed E-state index contributed by atoms with van der Waals surface area (Å²) in [7, 11) is 0. The molecule has 0 fully saturated rings. The summed E-state index contributed by atoms with van der Waals surface area (Å²) in [5.74, 6) is 0.487. The number of hydrogen-bond donors (Lipinski definition) is 1. The van der Waals surface area contributed by atoms with Crippen LogP contribution in [0.15, 0.2) is 42.5 Å². The molecule has 0 radical (unpaired) electrons. The average Bonchev–Trinajstić information content (AvgIpc) is 2.67. The molecule has 1 aromatic rings. The van der Waals surface area contributed by atoms with Crippen LogP contribution in [0.3, 0.4) is 0 Å². The van der Waals surface area contributed by atoms with Crippen LogP contribution in [0, 0.1) is 0 Å². The lowest BCUT2D eigenvalue weighted by Gasteiger charge is -2.12. The Labute approximate surface area is 90.0 Å². The number of carbonyl (C=O) groups is 1. The van der Waals surface area contributed by atoms with Gasteiger partial charge in [0.05, 0.1) is 0 Å². The molecular formula is C13H15NO. The molecule has 2 atom stereocenters. The minimum Gasteiger partial charge on any atom is -0.350 e. The van der Waals surface area contributed by atoms with Crippen LogP contribution < -0.4 is 5.32 Å². The van der Waals surface area contributed by atoms with Crippen molar-refractivity contribution in [3.05, 3.63) is 48.0 Å². The van der Waals surface area contributed by atoms with Gasteiger partial charge < -0.3 is 5.32 Å². The molecule has 1 N–H and O–H groups in total. The van der Waals surface area contributed by atoms with E-state index in [2.05, 4.69) is 41.7 Å². The summed E-state index contributed by atoms with van der Waals surface area (Å²) in [4.78, 5) is 10.9. The van der Waals surface area contributed by atoms with E-state index >= 15 is 0 Å². The van der Waals surface area contributed by atoms with Crippen LogP contribution in [0.25, 0.3) is 0 Å². The first-order valence-corrected chi connectivity index (χ1v) is 5.26. The SMILES string of the molecule is CC(=O)NC1C=CC(c2ccccc2)C1. The Hall–Kier alpha value is -1.57. The molecule has 2 unspecified atom stereocenters. The van der Waals surface area contributed by atoms with Crippen molar-refractivity contribution in [1.29, 1.82) is 0 Å². The van der Waals surface area contributed by atoms with Crippen LogP contribution in [0.4, 0.5) is 0 Å². The fraction of sp³-hybridized carbons (Fsp3) is 0.308. The quantitative estimate of drug-likeness (QED) is 0.730. The van der Waals surface area contributed by atoms with Crippen molar-refractivity contribution in [2.75, 3.05) is 0 Å². The monoisotopic (exact) mass is 201 g/mol. The highest BCUT2D eigenvalue weighted by Gasteiger charge is 2.20. The number of allylic oxidation sites excluding steroid dienone is 1. The standard InChI is InChI=1S/C13H15NO/c1-10(15)14-13-8-7-12(9-13)11-5-3-2-4-6-11/h2-8,12-13H,9H2,1H3,(H,14,15). The summed E-state index contributed by atoms with van der Waals surface area (Å²) in [6.45, 7) is 1.56. The molecule has 0 spiro atoms. The summed E-state index contributed by atoms with van der Waals surface area (Å²) in [5, 5.41) is 2.92. The van der Waals surface area contributed by atoms with Crippen molar-refractivity contribution < 1.29 is 4.79 Å². The van der Waals surface area contributed by atoms with Crippen molar-refractivity contribution in [3.63, 3.8) is 0 Å². The molecule has 0 aliphatic heterocycles. The minimum absolute atomic E-state index is 0.0401. The Morgan fingerprint density at radius 1 is 1.27 bits per heavy atom. The second-order valence-corrected chi connectivity index (χ2v) is 3.94. The molecule has 78 valence electrons. The number of rotatable bonds is 2. The van der Waals surface area contributed by atoms with Crippen LogP contribution in [0.1, 0.15) is 24.8 Å². The van der Waals surface area contributed by atoms with Crippen molar-refractivity contribution in [1.82, 2.24) is 5.32 Å². The van der Waals surface area contributed by atoms with Crippen LogP contribution in [-0.4, -0.2) is 11.9 Å². The second-order valence-electron chi connectivity index (χ2n) is 3.94. The van der Waals surface area contributed by atoms with E-state index in [1.54, 1.807) is 6.92 Å². The molecule has 15 heavy (non-hydrogen) atoms. The van der Waals surface area contributed by atoms with Crippen LogP contribution in [-0.2, 0) is 4.79 Å². The summed E-state index contributed by atoms with van der Waals surface area (Å²) < 4.78 is 0. The van der Waals surface area contributed by atoms with Crippen LogP contribution >= 0.6 is 0 Å². The van der Waals surface area contributed by atoms with Gasteiger partial charge in [0.25, 0.3) is 0 Å². The zero-order valence-corrected chi connectivity index (χ0v) is 8.81. The fourth-order valence-electron chi connectivity index (χ4n) is 2.01. The minimum atomic E-state index is 0.0401. The zero-order valence-electron chi connectivity index (χ0n) is 8.81. The lowest BCUT2D eigenvalue weighted by atomic mass is 9.98. The number of amides is 1. The van der Waals surface area contributed by atoms with E-state index in [1.165, 1.54) is 5.56 Å². The van der Waals surface area contributed by atoms with E-state index < -0.39 is 0 Å². The first kappa shape index (κ1) is 9.97. The van der Waals surface area contributed by atoms with E-state index in [0.717, 1.165) is 6.42 Å². The molecule has 1 aliphatic carbocycles. The van der Waals surface area contributed by atoms with Gasteiger partial charge in [0.2, 0.25) is 5.91 Å². The molecule has 0 saturated carbocycles. The molecule has 0 heterocycles. The van der Waals surface area contributed by atoms with E-state index in [9.17, 15) is 4.79 Å². The molecule has 1 amide bonds. The number of hydrogen-bond acceptors (Lipinski definition) is 1. The Balaban J connectivity index is 2.00. The topological polar surface area (TPSA) is 29.1 Å². The Bertz CT molecular complexity index is 369. The van der Waals surface area contributed by atoms with E-state index in [1.807, 2.05) is 6.07 Å². The van der Waals surface area contributed by atoms with Gasteiger partial charge >= 0.3 is 0 Å². The maximum atomic E-state index is 10.9. The predicted octanol–water partition coefficient (Wildman–Crippen LogP) is 2.23. The van der Waals surface area contributed by atoms with Crippen molar-refractivity contribution >= 4 is 5.91 Å². The molecule has 0 saturated heterocycles. The van der Waals surface area contributed by atoms with Gasteiger partial charge in [-0.1, -0.05) is 42.5 Å². The number of nitrogens with one attached hydrogen (secondary N) is 1. The van der Waals surface area contributed by atoms with Gasteiger partial charge in [0.1, 0.15) is 0 Å². The summed E-state index contributed by atoms with van der Waals surface area (Å²) in [6.07, 6.45) is 5.23. The molecule has 2 heteroatoms. The Kier molecular flexibility index (Phi) is 2.86. The summed E-state index contributed by atoms with van der Waals surface area (Å²) >= 11 is 0. The first-order chi connectivity index (χ1) is 7.25. The maximum absolute atomic E-state index is 10.9. The molecule has 0 bridgehead atoms. The van der Waals surface area contributed by atoms with Gasteiger partial charge in [-0.05, 0) is 12.0 Å².